The number of benzene rings is 2. The van der Waals surface area contributed by atoms with Crippen molar-refractivity contribution in [3.8, 4) is 0 Å². The highest BCUT2D eigenvalue weighted by molar-refractivity contribution is 7.89. The monoisotopic (exact) mass is 384 g/mol. The van der Waals surface area contributed by atoms with E-state index in [0.717, 1.165) is 10.5 Å². The van der Waals surface area contributed by atoms with Gasteiger partial charge in [0.15, 0.2) is 0 Å². The second-order valence-electron chi connectivity index (χ2n) is 6.42. The van der Waals surface area contributed by atoms with Gasteiger partial charge in [0.05, 0.1) is 16.0 Å². The van der Waals surface area contributed by atoms with Crippen molar-refractivity contribution >= 4 is 21.8 Å². The van der Waals surface area contributed by atoms with Crippen molar-refractivity contribution in [1.82, 2.24) is 9.62 Å². The highest BCUT2D eigenvalue weighted by atomic mass is 32.2. The summed E-state index contributed by atoms with van der Waals surface area (Å²) in [5, 5.41) is 0. The number of hydrogen-bond donors (Lipinski definition) is 1. The van der Waals surface area contributed by atoms with E-state index in [1.165, 1.54) is 0 Å². The smallest absolute Gasteiger partial charge is 0.261 e. The molecule has 0 aliphatic carbocycles. The third kappa shape index (κ3) is 3.99. The maximum atomic E-state index is 12.4. The van der Waals surface area contributed by atoms with Crippen molar-refractivity contribution in [2.45, 2.75) is 24.8 Å². The molecule has 3 rings (SSSR count). The van der Waals surface area contributed by atoms with Crippen molar-refractivity contribution in [2.75, 3.05) is 6.54 Å². The van der Waals surface area contributed by atoms with E-state index in [-0.39, 0.29) is 23.3 Å². The van der Waals surface area contributed by atoms with Crippen molar-refractivity contribution in [3.05, 3.63) is 77.4 Å². The maximum absolute atomic E-state index is 12.4. The fraction of sp³-hybridized carbons (Fsp3) is 0.200. The summed E-state index contributed by atoms with van der Waals surface area (Å²) in [5.74, 6) is -0.679. The molecule has 7 heteroatoms. The van der Waals surface area contributed by atoms with Crippen LogP contribution >= 0.6 is 0 Å². The van der Waals surface area contributed by atoms with Crippen LogP contribution in [0, 0.1) is 6.92 Å². The van der Waals surface area contributed by atoms with E-state index >= 15 is 0 Å². The Kier molecular flexibility index (Phi) is 5.25. The molecule has 1 atom stereocenters. The molecule has 1 unspecified atom stereocenters. The van der Waals surface area contributed by atoms with Crippen molar-refractivity contribution in [2.24, 2.45) is 0 Å². The molecule has 0 radical (unpaired) electrons. The normalized spacial score (nSPS) is 15.4. The van der Waals surface area contributed by atoms with Crippen molar-refractivity contribution < 1.29 is 18.0 Å². The summed E-state index contributed by atoms with van der Waals surface area (Å²) in [7, 11) is -3.64. The van der Waals surface area contributed by atoms with Gasteiger partial charge in [0.25, 0.3) is 11.8 Å². The van der Waals surface area contributed by atoms with Gasteiger partial charge in [-0.25, -0.2) is 13.1 Å². The van der Waals surface area contributed by atoms with Gasteiger partial charge in [-0.2, -0.15) is 0 Å². The number of hydrogen-bond acceptors (Lipinski definition) is 4. The van der Waals surface area contributed by atoms with Gasteiger partial charge in [0, 0.05) is 12.6 Å². The summed E-state index contributed by atoms with van der Waals surface area (Å²) in [4.78, 5) is 25.9. The fourth-order valence-corrected chi connectivity index (χ4v) is 4.04. The number of carbonyl (C=O) groups is 2. The molecule has 2 amide bonds. The predicted octanol–water partition coefficient (Wildman–Crippen LogP) is 2.51. The largest absolute Gasteiger partial charge is 0.270 e. The minimum Gasteiger partial charge on any atom is -0.270 e. The van der Waals surface area contributed by atoms with Crippen LogP contribution in [0.1, 0.15) is 33.2 Å². The first-order chi connectivity index (χ1) is 12.8. The van der Waals surface area contributed by atoms with Crippen LogP contribution in [0.3, 0.4) is 0 Å². The van der Waals surface area contributed by atoms with Gasteiger partial charge < -0.3 is 0 Å². The number of imide groups is 1. The molecule has 0 saturated carbocycles. The fourth-order valence-electron chi connectivity index (χ4n) is 2.84. The molecule has 140 valence electrons. The molecular formula is C20H20N2O4S. The lowest BCUT2D eigenvalue weighted by Crippen LogP contribution is -2.32. The number of rotatable bonds is 6. The van der Waals surface area contributed by atoms with Crippen LogP contribution in [0.5, 0.6) is 0 Å². The summed E-state index contributed by atoms with van der Waals surface area (Å²) in [6.45, 7) is 3.65. The highest BCUT2D eigenvalue weighted by Crippen LogP contribution is 2.22. The topological polar surface area (TPSA) is 83.6 Å². The number of amides is 2. The van der Waals surface area contributed by atoms with Crippen LogP contribution in [-0.4, -0.2) is 37.7 Å². The number of sulfonamides is 1. The van der Waals surface area contributed by atoms with E-state index in [0.29, 0.717) is 11.1 Å². The Labute approximate surface area is 158 Å². The van der Waals surface area contributed by atoms with Crippen LogP contribution in [-0.2, 0) is 10.0 Å². The lowest BCUT2D eigenvalue weighted by molar-refractivity contribution is 0.0672. The average Bonchev–Trinajstić information content (AvgIpc) is 2.87. The SMILES string of the molecule is Cc1ccc(S(=O)(=O)NC(C)/C=C/CN2C(=O)c3ccccc3C2=O)cc1. The second-order valence-corrected chi connectivity index (χ2v) is 8.13. The standard InChI is InChI=1S/C20H20N2O4S/c1-14-9-11-16(12-10-14)27(25,26)21-15(2)6-5-13-22-19(23)17-7-3-4-8-18(17)20(22)24/h3-12,15,21H,13H2,1-2H3/b6-5+. The zero-order valence-electron chi connectivity index (χ0n) is 15.0. The van der Waals surface area contributed by atoms with Gasteiger partial charge in [-0.1, -0.05) is 42.0 Å². The summed E-state index contributed by atoms with van der Waals surface area (Å²) in [6, 6.07) is 12.7. The lowest BCUT2D eigenvalue weighted by Gasteiger charge is -2.13. The molecule has 1 aliphatic rings. The van der Waals surface area contributed by atoms with E-state index in [2.05, 4.69) is 4.72 Å². The van der Waals surface area contributed by atoms with Crippen LogP contribution in [0.15, 0.2) is 65.6 Å². The Hall–Kier alpha value is -2.77. The van der Waals surface area contributed by atoms with Crippen LogP contribution in [0.25, 0.3) is 0 Å². The molecule has 1 aliphatic heterocycles. The Morgan fingerprint density at radius 1 is 1.00 bits per heavy atom. The van der Waals surface area contributed by atoms with Gasteiger partial charge in [0.2, 0.25) is 10.0 Å². The maximum Gasteiger partial charge on any atom is 0.261 e. The van der Waals surface area contributed by atoms with E-state index < -0.39 is 16.1 Å². The summed E-state index contributed by atoms with van der Waals surface area (Å²) < 4.78 is 27.3. The van der Waals surface area contributed by atoms with Crippen LogP contribution < -0.4 is 4.72 Å². The van der Waals surface area contributed by atoms with Crippen LogP contribution in [0.2, 0.25) is 0 Å². The van der Waals surface area contributed by atoms with Gasteiger partial charge >= 0.3 is 0 Å². The van der Waals surface area contributed by atoms with Gasteiger partial charge in [-0.3, -0.25) is 14.5 Å². The van der Waals surface area contributed by atoms with E-state index in [1.807, 2.05) is 6.92 Å². The van der Waals surface area contributed by atoms with E-state index in [1.54, 1.807) is 67.6 Å². The number of fused-ring (bicyclic) bond motifs is 1. The zero-order chi connectivity index (χ0) is 19.6. The van der Waals surface area contributed by atoms with Crippen molar-refractivity contribution in [1.29, 1.82) is 0 Å². The number of carbonyl (C=O) groups excluding carboxylic acids is 2. The molecule has 6 nitrogen and oxygen atoms in total. The van der Waals surface area contributed by atoms with E-state index in [9.17, 15) is 18.0 Å². The van der Waals surface area contributed by atoms with Crippen molar-refractivity contribution in [3.63, 3.8) is 0 Å². The Bertz CT molecular complexity index is 976. The first kappa shape index (κ1) is 19.0. The molecule has 27 heavy (non-hydrogen) atoms. The van der Waals surface area contributed by atoms with Gasteiger partial charge in [-0.05, 0) is 38.1 Å². The Morgan fingerprint density at radius 3 is 2.11 bits per heavy atom. The highest BCUT2D eigenvalue weighted by Gasteiger charge is 2.34. The second kappa shape index (κ2) is 7.46. The van der Waals surface area contributed by atoms with Crippen LogP contribution in [0.4, 0.5) is 0 Å². The third-order valence-electron chi connectivity index (χ3n) is 4.26. The minimum absolute atomic E-state index is 0.0863. The molecular weight excluding hydrogens is 364 g/mol. The summed E-state index contributed by atoms with van der Waals surface area (Å²) >= 11 is 0. The molecule has 0 bridgehead atoms. The number of nitrogens with zero attached hydrogens (tertiary/aromatic N) is 1. The van der Waals surface area contributed by atoms with Gasteiger partial charge in [-0.15, -0.1) is 0 Å². The summed E-state index contributed by atoms with van der Waals surface area (Å²) in [5.41, 5.74) is 1.76. The Morgan fingerprint density at radius 2 is 1.56 bits per heavy atom. The average molecular weight is 384 g/mol. The molecule has 0 aromatic heterocycles. The first-order valence-electron chi connectivity index (χ1n) is 8.50. The first-order valence-corrected chi connectivity index (χ1v) is 9.99. The molecule has 2 aromatic carbocycles. The molecule has 0 spiro atoms. The van der Waals surface area contributed by atoms with E-state index in [4.69, 9.17) is 0 Å². The molecule has 0 saturated heterocycles. The molecule has 0 fully saturated rings. The minimum atomic E-state index is -3.64. The number of aryl methyl sites for hydroxylation is 1. The third-order valence-corrected chi connectivity index (χ3v) is 5.84. The lowest BCUT2D eigenvalue weighted by atomic mass is 10.1. The molecule has 2 aromatic rings. The quantitative estimate of drug-likeness (QED) is 0.613. The number of nitrogens with one attached hydrogen (secondary N) is 1. The molecule has 1 heterocycles. The van der Waals surface area contributed by atoms with Gasteiger partial charge in [0.1, 0.15) is 0 Å². The summed E-state index contributed by atoms with van der Waals surface area (Å²) in [6.07, 6.45) is 3.24. The molecule has 1 N–H and O–H groups in total. The zero-order valence-corrected chi connectivity index (χ0v) is 15.9. The predicted molar refractivity (Wildman–Crippen MR) is 102 cm³/mol. The Balaban J connectivity index is 1.63.